The average molecular weight is 224 g/mol. The molecular formula is C12H16O2S. The zero-order valence-electron chi connectivity index (χ0n) is 9.12. The van der Waals surface area contributed by atoms with Gasteiger partial charge in [0.25, 0.3) is 0 Å². The van der Waals surface area contributed by atoms with Crippen molar-refractivity contribution in [1.82, 2.24) is 0 Å². The molecule has 0 radical (unpaired) electrons. The van der Waals surface area contributed by atoms with E-state index in [1.807, 2.05) is 26.0 Å². The summed E-state index contributed by atoms with van der Waals surface area (Å²) in [6, 6.07) is 5.44. The van der Waals surface area contributed by atoms with Crippen molar-refractivity contribution >= 4 is 16.9 Å². The molecule has 2 nitrogen and oxygen atoms in total. The minimum atomic E-state index is 0.222. The summed E-state index contributed by atoms with van der Waals surface area (Å²) in [6.07, 6.45) is 1.26. The number of phenols is 1. The zero-order chi connectivity index (χ0) is 11.3. The molecule has 0 atom stereocenters. The average Bonchev–Trinajstić information content (AvgIpc) is 2.21. The Morgan fingerprint density at radius 3 is 2.87 bits per heavy atom. The molecule has 0 fully saturated rings. The van der Waals surface area contributed by atoms with Crippen LogP contribution in [0.1, 0.15) is 24.5 Å². The van der Waals surface area contributed by atoms with E-state index in [1.165, 1.54) is 11.8 Å². The molecule has 1 N–H and O–H groups in total. The highest BCUT2D eigenvalue weighted by atomic mass is 32.2. The Bertz CT molecular complexity index is 347. The minimum absolute atomic E-state index is 0.222. The molecule has 0 heterocycles. The molecule has 0 bridgehead atoms. The van der Waals surface area contributed by atoms with Crippen LogP contribution in [0, 0.1) is 6.92 Å². The third-order valence-corrected chi connectivity index (χ3v) is 3.14. The van der Waals surface area contributed by atoms with Gasteiger partial charge < -0.3 is 5.11 Å². The van der Waals surface area contributed by atoms with Crippen LogP contribution in [0.25, 0.3) is 0 Å². The number of benzene rings is 1. The second kappa shape index (κ2) is 5.81. The Morgan fingerprint density at radius 2 is 2.20 bits per heavy atom. The van der Waals surface area contributed by atoms with E-state index in [0.717, 1.165) is 16.9 Å². The lowest BCUT2D eigenvalue weighted by atomic mass is 10.0. The van der Waals surface area contributed by atoms with Crippen molar-refractivity contribution in [3.05, 3.63) is 29.3 Å². The molecule has 0 saturated heterocycles. The van der Waals surface area contributed by atoms with Crippen LogP contribution in [0.15, 0.2) is 18.2 Å². The molecule has 0 spiro atoms. The zero-order valence-corrected chi connectivity index (χ0v) is 9.93. The molecule has 0 aliphatic heterocycles. The summed E-state index contributed by atoms with van der Waals surface area (Å²) < 4.78 is 0. The molecule has 0 amide bonds. The number of hydrogen-bond donors (Lipinski definition) is 1. The van der Waals surface area contributed by atoms with E-state index in [4.69, 9.17) is 0 Å². The first-order valence-electron chi connectivity index (χ1n) is 5.08. The SMILES string of the molecule is CCSC(=O)CCc1cccc(O)c1C. The van der Waals surface area contributed by atoms with Gasteiger partial charge in [-0.1, -0.05) is 30.8 Å². The Morgan fingerprint density at radius 1 is 1.47 bits per heavy atom. The number of rotatable bonds is 4. The van der Waals surface area contributed by atoms with Gasteiger partial charge in [-0.2, -0.15) is 0 Å². The number of thioether (sulfide) groups is 1. The highest BCUT2D eigenvalue weighted by Crippen LogP contribution is 2.21. The fraction of sp³-hybridized carbons (Fsp3) is 0.417. The van der Waals surface area contributed by atoms with Gasteiger partial charge >= 0.3 is 0 Å². The van der Waals surface area contributed by atoms with Gasteiger partial charge in [0.05, 0.1) is 0 Å². The molecule has 0 aliphatic carbocycles. The molecule has 1 aromatic carbocycles. The maximum Gasteiger partial charge on any atom is 0.189 e. The lowest BCUT2D eigenvalue weighted by Crippen LogP contribution is -1.97. The molecule has 1 rings (SSSR count). The summed E-state index contributed by atoms with van der Waals surface area (Å²) in [5.74, 6) is 1.14. The third kappa shape index (κ3) is 3.59. The monoisotopic (exact) mass is 224 g/mol. The van der Waals surface area contributed by atoms with Gasteiger partial charge in [-0.25, -0.2) is 0 Å². The van der Waals surface area contributed by atoms with Crippen LogP contribution >= 0.6 is 11.8 Å². The first-order valence-corrected chi connectivity index (χ1v) is 6.06. The normalized spacial score (nSPS) is 10.3. The van der Waals surface area contributed by atoms with Gasteiger partial charge in [0.1, 0.15) is 5.75 Å². The molecule has 0 saturated carbocycles. The second-order valence-electron chi connectivity index (χ2n) is 3.37. The fourth-order valence-corrected chi connectivity index (χ4v) is 1.98. The van der Waals surface area contributed by atoms with E-state index in [-0.39, 0.29) is 5.12 Å². The molecule has 0 aromatic heterocycles. The largest absolute Gasteiger partial charge is 0.508 e. The number of hydrogen-bond acceptors (Lipinski definition) is 3. The molecule has 15 heavy (non-hydrogen) atoms. The molecule has 82 valence electrons. The van der Waals surface area contributed by atoms with E-state index in [1.54, 1.807) is 6.07 Å². The van der Waals surface area contributed by atoms with Crippen LogP contribution in [-0.2, 0) is 11.2 Å². The van der Waals surface area contributed by atoms with Crippen LogP contribution in [-0.4, -0.2) is 16.0 Å². The van der Waals surface area contributed by atoms with Crippen molar-refractivity contribution in [2.45, 2.75) is 26.7 Å². The molecule has 3 heteroatoms. The molecule has 1 aromatic rings. The molecular weight excluding hydrogens is 208 g/mol. The summed E-state index contributed by atoms with van der Waals surface area (Å²) in [6.45, 7) is 3.85. The van der Waals surface area contributed by atoms with E-state index in [2.05, 4.69) is 0 Å². The lowest BCUT2D eigenvalue weighted by Gasteiger charge is -2.06. The van der Waals surface area contributed by atoms with E-state index in [9.17, 15) is 9.90 Å². The van der Waals surface area contributed by atoms with Crippen LogP contribution in [0.2, 0.25) is 0 Å². The van der Waals surface area contributed by atoms with Gasteiger partial charge in [-0.05, 0) is 36.3 Å². The summed E-state index contributed by atoms with van der Waals surface area (Å²) in [5, 5.41) is 9.70. The first-order chi connectivity index (χ1) is 7.15. The Labute approximate surface area is 94.7 Å². The second-order valence-corrected chi connectivity index (χ2v) is 4.69. The van der Waals surface area contributed by atoms with Crippen molar-refractivity contribution in [2.75, 3.05) is 5.75 Å². The highest BCUT2D eigenvalue weighted by molar-refractivity contribution is 8.13. The summed E-state index contributed by atoms with van der Waals surface area (Å²) >= 11 is 1.36. The number of phenolic OH excluding ortho intramolecular Hbond substituents is 1. The van der Waals surface area contributed by atoms with Crippen molar-refractivity contribution in [2.24, 2.45) is 0 Å². The van der Waals surface area contributed by atoms with Gasteiger partial charge in [-0.15, -0.1) is 0 Å². The maximum atomic E-state index is 11.3. The third-order valence-electron chi connectivity index (χ3n) is 2.32. The number of carbonyl (C=O) groups is 1. The van der Waals surface area contributed by atoms with Crippen molar-refractivity contribution in [3.8, 4) is 5.75 Å². The number of aromatic hydroxyl groups is 1. The Hall–Kier alpha value is -0.960. The van der Waals surface area contributed by atoms with Gasteiger partial charge in [0, 0.05) is 6.42 Å². The summed E-state index contributed by atoms with van der Waals surface area (Å²) in [5.41, 5.74) is 1.94. The predicted molar refractivity (Wildman–Crippen MR) is 64.3 cm³/mol. The standard InChI is InChI=1S/C12H16O2S/c1-3-15-12(14)8-7-10-5-4-6-11(13)9(10)2/h4-6,13H,3,7-8H2,1-2H3. The van der Waals surface area contributed by atoms with Crippen LogP contribution < -0.4 is 0 Å². The smallest absolute Gasteiger partial charge is 0.189 e. The summed E-state index contributed by atoms with van der Waals surface area (Å²) in [7, 11) is 0. The van der Waals surface area contributed by atoms with Crippen LogP contribution in [0.5, 0.6) is 5.75 Å². The highest BCUT2D eigenvalue weighted by Gasteiger charge is 2.06. The minimum Gasteiger partial charge on any atom is -0.508 e. The van der Waals surface area contributed by atoms with E-state index in [0.29, 0.717) is 18.6 Å². The predicted octanol–water partition coefficient (Wildman–Crippen LogP) is 2.91. The Balaban J connectivity index is 2.58. The number of aryl methyl sites for hydroxylation is 1. The molecule has 0 aliphatic rings. The van der Waals surface area contributed by atoms with Crippen LogP contribution in [0.4, 0.5) is 0 Å². The first kappa shape index (κ1) is 12.1. The van der Waals surface area contributed by atoms with Gasteiger partial charge in [0.15, 0.2) is 5.12 Å². The lowest BCUT2D eigenvalue weighted by molar-refractivity contribution is -0.110. The maximum absolute atomic E-state index is 11.3. The van der Waals surface area contributed by atoms with Crippen molar-refractivity contribution in [3.63, 3.8) is 0 Å². The van der Waals surface area contributed by atoms with Crippen molar-refractivity contribution in [1.29, 1.82) is 0 Å². The Kier molecular flexibility index (Phi) is 4.69. The van der Waals surface area contributed by atoms with Crippen LogP contribution in [0.3, 0.4) is 0 Å². The quantitative estimate of drug-likeness (QED) is 0.854. The fourth-order valence-electron chi connectivity index (χ4n) is 1.41. The van der Waals surface area contributed by atoms with E-state index < -0.39 is 0 Å². The summed E-state index contributed by atoms with van der Waals surface area (Å²) in [4.78, 5) is 11.3. The van der Waals surface area contributed by atoms with E-state index >= 15 is 0 Å². The van der Waals surface area contributed by atoms with Gasteiger partial charge in [-0.3, -0.25) is 4.79 Å². The molecule has 0 unspecified atom stereocenters. The topological polar surface area (TPSA) is 37.3 Å². The number of carbonyl (C=O) groups excluding carboxylic acids is 1. The van der Waals surface area contributed by atoms with Crippen molar-refractivity contribution < 1.29 is 9.90 Å². The van der Waals surface area contributed by atoms with Gasteiger partial charge in [0.2, 0.25) is 0 Å².